The van der Waals surface area contributed by atoms with E-state index in [9.17, 15) is 4.39 Å². The number of hydrogen-bond donors (Lipinski definition) is 1. The van der Waals surface area contributed by atoms with Crippen LogP contribution in [0, 0.1) is 5.82 Å². The molecule has 0 saturated carbocycles. The fourth-order valence-electron chi connectivity index (χ4n) is 2.24. The Kier molecular flexibility index (Phi) is 5.32. The molecule has 21 heavy (non-hydrogen) atoms. The lowest BCUT2D eigenvalue weighted by Crippen LogP contribution is -2.44. The third-order valence-corrected chi connectivity index (χ3v) is 3.91. The van der Waals surface area contributed by atoms with Crippen molar-refractivity contribution >= 4 is 28.3 Å². The maximum absolute atomic E-state index is 13.9. The van der Waals surface area contributed by atoms with Gasteiger partial charge in [0.15, 0.2) is 5.82 Å². The van der Waals surface area contributed by atoms with Crippen LogP contribution in [0.25, 0.3) is 11.5 Å². The van der Waals surface area contributed by atoms with E-state index in [-0.39, 0.29) is 30.2 Å². The van der Waals surface area contributed by atoms with Gasteiger partial charge in [0.05, 0.1) is 11.6 Å². The molecule has 0 bridgehead atoms. The molecular weight excluding hydrogens is 363 g/mol. The second-order valence-corrected chi connectivity index (χ2v) is 5.70. The molecule has 1 fully saturated rings. The van der Waals surface area contributed by atoms with Crippen molar-refractivity contribution in [3.8, 4) is 11.5 Å². The molecule has 2 aromatic rings. The molecule has 1 unspecified atom stereocenters. The fraction of sp³-hybridized carbons (Fsp3) is 0.385. The van der Waals surface area contributed by atoms with Crippen molar-refractivity contribution in [1.82, 2.24) is 20.4 Å². The molecule has 1 aliphatic heterocycles. The lowest BCUT2D eigenvalue weighted by molar-refractivity contribution is 0.190. The fourth-order valence-corrected chi connectivity index (χ4v) is 2.57. The number of likely N-dealkylation sites (N-methyl/N-ethyl adjacent to an activating group) is 1. The molecular formula is C13H15BrClFN4O. The van der Waals surface area contributed by atoms with Gasteiger partial charge in [-0.15, -0.1) is 12.4 Å². The third-order valence-electron chi connectivity index (χ3n) is 3.41. The molecule has 5 nitrogen and oxygen atoms in total. The van der Waals surface area contributed by atoms with E-state index >= 15 is 0 Å². The Labute approximate surface area is 136 Å². The van der Waals surface area contributed by atoms with Crippen LogP contribution in [0.4, 0.5) is 4.39 Å². The number of nitrogens with one attached hydrogen (secondary N) is 1. The molecule has 114 valence electrons. The molecule has 2 heterocycles. The summed E-state index contributed by atoms with van der Waals surface area (Å²) in [5.74, 6) is 0.408. The van der Waals surface area contributed by atoms with Crippen LogP contribution in [-0.4, -0.2) is 41.7 Å². The molecule has 0 radical (unpaired) electrons. The average Bonchev–Trinajstić information content (AvgIpc) is 2.88. The van der Waals surface area contributed by atoms with Crippen LogP contribution in [0.1, 0.15) is 11.9 Å². The van der Waals surface area contributed by atoms with E-state index in [1.165, 1.54) is 6.07 Å². The van der Waals surface area contributed by atoms with Gasteiger partial charge in [-0.05, 0) is 25.2 Å². The smallest absolute Gasteiger partial charge is 0.260 e. The minimum atomic E-state index is -0.385. The Hall–Kier alpha value is -1.02. The zero-order valence-corrected chi connectivity index (χ0v) is 13.7. The average molecular weight is 378 g/mol. The Balaban J connectivity index is 0.00000161. The largest absolute Gasteiger partial charge is 0.334 e. The van der Waals surface area contributed by atoms with E-state index in [1.807, 2.05) is 7.05 Å². The molecule has 3 rings (SSSR count). The maximum atomic E-state index is 13.9. The minimum Gasteiger partial charge on any atom is -0.334 e. The van der Waals surface area contributed by atoms with E-state index in [1.54, 1.807) is 12.1 Å². The van der Waals surface area contributed by atoms with E-state index in [2.05, 4.69) is 36.3 Å². The zero-order valence-electron chi connectivity index (χ0n) is 11.3. The van der Waals surface area contributed by atoms with Crippen molar-refractivity contribution in [1.29, 1.82) is 0 Å². The summed E-state index contributed by atoms with van der Waals surface area (Å²) in [5.41, 5.74) is 0.318. The quantitative estimate of drug-likeness (QED) is 0.872. The van der Waals surface area contributed by atoms with E-state index in [0.717, 1.165) is 19.6 Å². The van der Waals surface area contributed by atoms with Crippen LogP contribution < -0.4 is 5.32 Å². The lowest BCUT2D eigenvalue weighted by Gasteiger charge is -2.30. The number of aromatic nitrogens is 2. The van der Waals surface area contributed by atoms with Crippen LogP contribution in [0.2, 0.25) is 0 Å². The van der Waals surface area contributed by atoms with Gasteiger partial charge in [-0.2, -0.15) is 4.98 Å². The standard InChI is InChI=1S/C13H14BrFN4O.ClH/c1-19-5-4-16-7-11(19)12-17-13(20-18-12)9-3-2-8(14)6-10(9)15;/h2-3,6,11,16H,4-5,7H2,1H3;1H. The summed E-state index contributed by atoms with van der Waals surface area (Å²) in [6, 6.07) is 4.81. The normalized spacial score (nSPS) is 19.3. The van der Waals surface area contributed by atoms with Crippen LogP contribution in [0.5, 0.6) is 0 Å². The van der Waals surface area contributed by atoms with Crippen LogP contribution in [0.15, 0.2) is 27.2 Å². The monoisotopic (exact) mass is 376 g/mol. The van der Waals surface area contributed by atoms with Gasteiger partial charge in [-0.25, -0.2) is 4.39 Å². The molecule has 1 aromatic heterocycles. The van der Waals surface area contributed by atoms with E-state index in [4.69, 9.17) is 4.52 Å². The van der Waals surface area contributed by atoms with Crippen LogP contribution >= 0.6 is 28.3 Å². The summed E-state index contributed by atoms with van der Waals surface area (Å²) in [4.78, 5) is 6.49. The second-order valence-electron chi connectivity index (χ2n) is 4.78. The Morgan fingerprint density at radius 1 is 1.48 bits per heavy atom. The highest BCUT2D eigenvalue weighted by Gasteiger charge is 2.26. The highest BCUT2D eigenvalue weighted by Crippen LogP contribution is 2.26. The number of benzene rings is 1. The summed E-state index contributed by atoms with van der Waals surface area (Å²) < 4.78 is 19.8. The highest BCUT2D eigenvalue weighted by atomic mass is 79.9. The summed E-state index contributed by atoms with van der Waals surface area (Å²) in [7, 11) is 2.02. The van der Waals surface area contributed by atoms with Crippen molar-refractivity contribution in [2.75, 3.05) is 26.7 Å². The summed E-state index contributed by atoms with van der Waals surface area (Å²) >= 11 is 3.22. The van der Waals surface area contributed by atoms with Crippen molar-refractivity contribution in [2.45, 2.75) is 6.04 Å². The number of nitrogens with zero attached hydrogens (tertiary/aromatic N) is 3. The number of hydrogen-bond acceptors (Lipinski definition) is 5. The Bertz CT molecular complexity index is 624. The minimum absolute atomic E-state index is 0. The molecule has 0 aliphatic carbocycles. The molecule has 1 N–H and O–H groups in total. The number of rotatable bonds is 2. The molecule has 8 heteroatoms. The zero-order chi connectivity index (χ0) is 14.1. The highest BCUT2D eigenvalue weighted by molar-refractivity contribution is 9.10. The van der Waals surface area contributed by atoms with E-state index < -0.39 is 0 Å². The lowest BCUT2D eigenvalue weighted by atomic mass is 10.2. The van der Waals surface area contributed by atoms with Gasteiger partial charge in [-0.1, -0.05) is 21.1 Å². The first-order chi connectivity index (χ1) is 9.65. The summed E-state index contributed by atoms with van der Waals surface area (Å²) in [6.45, 7) is 2.62. The molecule has 1 aromatic carbocycles. The number of halogens is 3. The summed E-state index contributed by atoms with van der Waals surface area (Å²) in [6.07, 6.45) is 0. The van der Waals surface area contributed by atoms with Gasteiger partial charge < -0.3 is 9.84 Å². The first-order valence-electron chi connectivity index (χ1n) is 6.35. The Morgan fingerprint density at radius 3 is 3.00 bits per heavy atom. The first kappa shape index (κ1) is 16.4. The van der Waals surface area contributed by atoms with E-state index in [0.29, 0.717) is 15.9 Å². The summed E-state index contributed by atoms with van der Waals surface area (Å²) in [5, 5.41) is 7.27. The number of piperazine rings is 1. The third kappa shape index (κ3) is 3.42. The SMILES string of the molecule is CN1CCNCC1c1noc(-c2ccc(Br)cc2F)n1.Cl. The maximum Gasteiger partial charge on any atom is 0.260 e. The van der Waals surface area contributed by atoms with Gasteiger partial charge >= 0.3 is 0 Å². The predicted molar refractivity (Wildman–Crippen MR) is 82.9 cm³/mol. The van der Waals surface area contributed by atoms with Crippen molar-refractivity contribution in [2.24, 2.45) is 0 Å². The van der Waals surface area contributed by atoms with Crippen molar-refractivity contribution in [3.63, 3.8) is 0 Å². The van der Waals surface area contributed by atoms with Gasteiger partial charge in [0.2, 0.25) is 0 Å². The van der Waals surface area contributed by atoms with Crippen LogP contribution in [-0.2, 0) is 0 Å². The second kappa shape index (κ2) is 6.83. The molecule has 0 amide bonds. The first-order valence-corrected chi connectivity index (χ1v) is 7.14. The topological polar surface area (TPSA) is 54.2 Å². The van der Waals surface area contributed by atoms with Gasteiger partial charge in [0, 0.05) is 24.1 Å². The van der Waals surface area contributed by atoms with Crippen molar-refractivity contribution < 1.29 is 8.91 Å². The Morgan fingerprint density at radius 2 is 2.29 bits per heavy atom. The van der Waals surface area contributed by atoms with Crippen molar-refractivity contribution in [3.05, 3.63) is 34.3 Å². The molecule has 0 spiro atoms. The van der Waals surface area contributed by atoms with Gasteiger partial charge in [0.1, 0.15) is 5.82 Å². The van der Waals surface area contributed by atoms with Gasteiger partial charge in [0.25, 0.3) is 5.89 Å². The van der Waals surface area contributed by atoms with Gasteiger partial charge in [-0.3, -0.25) is 4.90 Å². The molecule has 1 saturated heterocycles. The molecule has 1 aliphatic rings. The van der Waals surface area contributed by atoms with Crippen LogP contribution in [0.3, 0.4) is 0 Å². The predicted octanol–water partition coefficient (Wildman–Crippen LogP) is 2.64. The molecule has 1 atom stereocenters.